The molecule has 0 amide bonds. The van der Waals surface area contributed by atoms with Gasteiger partial charge in [0.1, 0.15) is 17.7 Å². The van der Waals surface area contributed by atoms with Gasteiger partial charge in [-0.05, 0) is 90.1 Å². The van der Waals surface area contributed by atoms with Gasteiger partial charge in [-0.1, -0.05) is 25.1 Å². The number of nitrogens with zero attached hydrogens (tertiary/aromatic N) is 3. The minimum Gasteiger partial charge on any atom is -0.770 e. The average molecular weight is 493 g/mol. The third-order valence-electron chi connectivity index (χ3n) is 7.08. The summed E-state index contributed by atoms with van der Waals surface area (Å²) >= 11 is -2.39. The molecule has 5 rings (SSSR count). The molecular weight excluding hydrogens is 462 g/mol. The molecule has 3 atom stereocenters. The summed E-state index contributed by atoms with van der Waals surface area (Å²) in [6.07, 6.45) is 8.37. The number of aliphatic hydroxyl groups is 1. The Morgan fingerprint density at radius 2 is 2.00 bits per heavy atom. The van der Waals surface area contributed by atoms with Crippen LogP contribution in [0.25, 0.3) is 0 Å². The summed E-state index contributed by atoms with van der Waals surface area (Å²) in [4.78, 5) is 2.12. The maximum Gasteiger partial charge on any atom is 0.125 e. The number of benzene rings is 2. The molecule has 0 saturated heterocycles. The highest BCUT2D eigenvalue weighted by Gasteiger charge is 2.41. The fourth-order valence-electron chi connectivity index (χ4n) is 5.12. The average Bonchev–Trinajstić information content (AvgIpc) is 3.73. The Hall–Kier alpha value is -2.81. The number of rotatable bonds is 9. The monoisotopic (exact) mass is 492 g/mol. The van der Waals surface area contributed by atoms with Crippen molar-refractivity contribution >= 4 is 16.8 Å². The number of aromatic nitrogens is 2. The van der Waals surface area contributed by atoms with Gasteiger partial charge in [0, 0.05) is 29.1 Å². The van der Waals surface area contributed by atoms with Gasteiger partial charge in [-0.15, -0.1) is 0 Å². The van der Waals surface area contributed by atoms with Crippen molar-refractivity contribution < 1.29 is 18.6 Å². The number of hydrogen-bond donors (Lipinski definition) is 1. The number of aryl methyl sites for hydroxylation is 2. The molecule has 1 fully saturated rings. The van der Waals surface area contributed by atoms with Crippen molar-refractivity contribution in [3.63, 3.8) is 0 Å². The lowest BCUT2D eigenvalue weighted by atomic mass is 9.90. The fraction of sp³-hybridized carbons (Fsp3) is 0.407. The van der Waals surface area contributed by atoms with Gasteiger partial charge in [-0.25, -0.2) is 0 Å². The third-order valence-corrected chi connectivity index (χ3v) is 7.94. The quantitative estimate of drug-likeness (QED) is 0.447. The highest BCUT2D eigenvalue weighted by molar-refractivity contribution is 7.79. The van der Waals surface area contributed by atoms with Crippen LogP contribution in [-0.2, 0) is 37.1 Å². The van der Waals surface area contributed by atoms with Crippen molar-refractivity contribution in [3.05, 3.63) is 82.7 Å². The SMILES string of the molecule is CCc1ccc2c(c1)CCC(C1CC1)N2C(c1ccc(OCc2ccnnc2)c(CO)c1)S(=O)[O-]. The molecule has 0 radical (unpaired) electrons. The van der Waals surface area contributed by atoms with Gasteiger partial charge < -0.3 is 19.3 Å². The Morgan fingerprint density at radius 1 is 1.14 bits per heavy atom. The predicted molar refractivity (Wildman–Crippen MR) is 134 cm³/mol. The van der Waals surface area contributed by atoms with Crippen LogP contribution in [0.3, 0.4) is 0 Å². The first-order valence-electron chi connectivity index (χ1n) is 12.2. The van der Waals surface area contributed by atoms with Gasteiger partial charge in [-0.3, -0.25) is 4.21 Å². The van der Waals surface area contributed by atoms with Crippen molar-refractivity contribution in [3.8, 4) is 5.75 Å². The van der Waals surface area contributed by atoms with E-state index in [1.165, 1.54) is 11.1 Å². The Bertz CT molecular complexity index is 1200. The molecule has 0 bridgehead atoms. The van der Waals surface area contributed by atoms with Crippen LogP contribution in [0.5, 0.6) is 5.75 Å². The van der Waals surface area contributed by atoms with Crippen molar-refractivity contribution in [1.82, 2.24) is 10.2 Å². The molecule has 2 aliphatic rings. The minimum atomic E-state index is -2.39. The maximum atomic E-state index is 12.8. The molecular formula is C27H30N3O4S-. The number of anilines is 1. The van der Waals surface area contributed by atoms with Crippen LogP contribution in [-0.4, -0.2) is 30.1 Å². The van der Waals surface area contributed by atoms with E-state index in [4.69, 9.17) is 4.74 Å². The summed E-state index contributed by atoms with van der Waals surface area (Å²) in [5.74, 6) is 1.04. The van der Waals surface area contributed by atoms with E-state index in [1.54, 1.807) is 30.6 Å². The molecule has 1 aliphatic carbocycles. The first kappa shape index (κ1) is 23.9. The summed E-state index contributed by atoms with van der Waals surface area (Å²) < 4.78 is 31.4. The maximum absolute atomic E-state index is 12.8. The molecule has 0 spiro atoms. The normalized spacial score (nSPS) is 19.2. The zero-order chi connectivity index (χ0) is 24.4. The molecule has 184 valence electrons. The van der Waals surface area contributed by atoms with E-state index in [0.29, 0.717) is 22.8 Å². The van der Waals surface area contributed by atoms with E-state index in [2.05, 4.69) is 40.2 Å². The van der Waals surface area contributed by atoms with E-state index < -0.39 is 16.5 Å². The second kappa shape index (κ2) is 10.4. The van der Waals surface area contributed by atoms with E-state index in [1.807, 2.05) is 6.07 Å². The Kier molecular flexibility index (Phi) is 7.13. The lowest BCUT2D eigenvalue weighted by Gasteiger charge is -2.45. The smallest absolute Gasteiger partial charge is 0.125 e. The molecule has 7 nitrogen and oxygen atoms in total. The summed E-state index contributed by atoms with van der Waals surface area (Å²) in [5, 5.41) is 16.8. The molecule has 2 heterocycles. The molecule has 1 saturated carbocycles. The zero-order valence-electron chi connectivity index (χ0n) is 19.8. The molecule has 1 N–H and O–H groups in total. The van der Waals surface area contributed by atoms with Crippen molar-refractivity contribution in [2.45, 2.75) is 63.7 Å². The number of aliphatic hydroxyl groups excluding tert-OH is 1. The van der Waals surface area contributed by atoms with Crippen LogP contribution in [0.1, 0.15) is 59.4 Å². The standard InChI is InChI=1S/C27H31N3O4S/c1-2-18-3-8-25-21(13-18)6-9-24(20-4-5-20)30(25)27(35(32)33)22-7-10-26(23(14-22)16-31)34-17-19-11-12-28-29-15-19/h3,7-8,10-15,20,24,27,31H,2,4-6,9,16-17H2,1H3,(H,32,33)/p-1. The summed E-state index contributed by atoms with van der Waals surface area (Å²) in [6.45, 7) is 2.16. The summed E-state index contributed by atoms with van der Waals surface area (Å²) in [5.41, 5.74) is 5.54. The first-order chi connectivity index (χ1) is 17.1. The van der Waals surface area contributed by atoms with E-state index in [9.17, 15) is 13.9 Å². The Labute approximate surface area is 208 Å². The largest absolute Gasteiger partial charge is 0.770 e. The topological polar surface area (TPSA) is 98.6 Å². The lowest BCUT2D eigenvalue weighted by Crippen LogP contribution is -2.45. The number of hydrogen-bond acceptors (Lipinski definition) is 7. The van der Waals surface area contributed by atoms with Crippen molar-refractivity contribution in [2.24, 2.45) is 5.92 Å². The molecule has 35 heavy (non-hydrogen) atoms. The predicted octanol–water partition coefficient (Wildman–Crippen LogP) is 4.22. The van der Waals surface area contributed by atoms with Crippen molar-refractivity contribution in [1.29, 1.82) is 0 Å². The second-order valence-corrected chi connectivity index (χ2v) is 10.3. The van der Waals surface area contributed by atoms with Gasteiger partial charge in [0.05, 0.1) is 12.8 Å². The molecule has 3 unspecified atom stereocenters. The van der Waals surface area contributed by atoms with Gasteiger partial charge in [0.15, 0.2) is 0 Å². The van der Waals surface area contributed by atoms with Crippen LogP contribution in [0.15, 0.2) is 54.9 Å². The van der Waals surface area contributed by atoms with Crippen LogP contribution in [0, 0.1) is 5.92 Å². The van der Waals surface area contributed by atoms with Gasteiger partial charge >= 0.3 is 0 Å². The molecule has 1 aromatic heterocycles. The zero-order valence-corrected chi connectivity index (χ0v) is 20.6. The number of ether oxygens (including phenoxy) is 1. The van der Waals surface area contributed by atoms with Crippen LogP contribution >= 0.6 is 0 Å². The first-order valence-corrected chi connectivity index (χ1v) is 13.3. The van der Waals surface area contributed by atoms with Crippen LogP contribution in [0.4, 0.5) is 5.69 Å². The highest BCUT2D eigenvalue weighted by atomic mass is 32.2. The van der Waals surface area contributed by atoms with Crippen LogP contribution in [0.2, 0.25) is 0 Å². The van der Waals surface area contributed by atoms with Gasteiger partial charge in [0.2, 0.25) is 0 Å². The van der Waals surface area contributed by atoms with Gasteiger partial charge in [-0.2, -0.15) is 10.2 Å². The van der Waals surface area contributed by atoms with E-state index in [-0.39, 0.29) is 19.3 Å². The Morgan fingerprint density at radius 3 is 2.69 bits per heavy atom. The third kappa shape index (κ3) is 5.10. The van der Waals surface area contributed by atoms with Crippen molar-refractivity contribution in [2.75, 3.05) is 4.90 Å². The van der Waals surface area contributed by atoms with Crippen LogP contribution < -0.4 is 9.64 Å². The van der Waals surface area contributed by atoms with E-state index in [0.717, 1.165) is 43.4 Å². The highest BCUT2D eigenvalue weighted by Crippen LogP contribution is 2.47. The lowest BCUT2D eigenvalue weighted by molar-refractivity contribution is 0.258. The summed E-state index contributed by atoms with van der Waals surface area (Å²) in [6, 6.07) is 13.7. The molecule has 1 aliphatic heterocycles. The molecule has 2 aromatic carbocycles. The second-order valence-electron chi connectivity index (χ2n) is 9.34. The summed E-state index contributed by atoms with van der Waals surface area (Å²) in [7, 11) is 0. The fourth-order valence-corrected chi connectivity index (χ4v) is 5.95. The number of fused-ring (bicyclic) bond motifs is 1. The van der Waals surface area contributed by atoms with Gasteiger partial charge in [0.25, 0.3) is 0 Å². The Balaban J connectivity index is 1.49. The molecule has 3 aromatic rings. The molecule has 8 heteroatoms. The van der Waals surface area contributed by atoms with E-state index >= 15 is 0 Å². The minimum absolute atomic E-state index is 0.186.